The minimum absolute atomic E-state index is 0.00112. The van der Waals surface area contributed by atoms with Crippen LogP contribution in [-0.2, 0) is 0 Å². The van der Waals surface area contributed by atoms with Crippen molar-refractivity contribution in [3.63, 3.8) is 0 Å². The Morgan fingerprint density at radius 2 is 1.90 bits per heavy atom. The van der Waals surface area contributed by atoms with Gasteiger partial charge in [-0.3, -0.25) is 9.51 Å². The first-order chi connectivity index (χ1) is 10.1. The van der Waals surface area contributed by atoms with Crippen LogP contribution in [0.25, 0.3) is 22.8 Å². The van der Waals surface area contributed by atoms with Gasteiger partial charge in [0.2, 0.25) is 5.82 Å². The molecule has 0 spiro atoms. The zero-order valence-electron chi connectivity index (χ0n) is 10.2. The van der Waals surface area contributed by atoms with Crippen molar-refractivity contribution < 1.29 is 9.63 Å². The largest absolute Gasteiger partial charge is 0.504 e. The number of rotatable bonds is 2. The van der Waals surface area contributed by atoms with E-state index in [4.69, 9.17) is 23.2 Å². The number of hydrogen-bond acceptors (Lipinski definition) is 6. The fourth-order valence-corrected chi connectivity index (χ4v) is 2.04. The van der Waals surface area contributed by atoms with Gasteiger partial charge in [0.1, 0.15) is 12.0 Å². The molecule has 3 aromatic rings. The van der Waals surface area contributed by atoms with E-state index in [0.29, 0.717) is 15.6 Å². The smallest absolute Gasteiger partial charge is 0.439 e. The van der Waals surface area contributed by atoms with Gasteiger partial charge in [0, 0.05) is 5.56 Å². The second-order valence-electron chi connectivity index (χ2n) is 3.99. The summed E-state index contributed by atoms with van der Waals surface area (Å²) in [5.41, 5.74) is 0.802. The van der Waals surface area contributed by atoms with Gasteiger partial charge in [0.15, 0.2) is 11.4 Å². The average Bonchev–Trinajstić information content (AvgIpc) is 2.89. The first-order valence-electron chi connectivity index (χ1n) is 5.62. The van der Waals surface area contributed by atoms with Crippen LogP contribution in [0.2, 0.25) is 10.0 Å². The molecular weight excluding hydrogens is 319 g/mol. The van der Waals surface area contributed by atoms with E-state index < -0.39 is 5.76 Å². The summed E-state index contributed by atoms with van der Waals surface area (Å²) >= 11 is 11.8. The highest BCUT2D eigenvalue weighted by molar-refractivity contribution is 6.42. The van der Waals surface area contributed by atoms with Gasteiger partial charge < -0.3 is 5.11 Å². The normalized spacial score (nSPS) is 10.8. The van der Waals surface area contributed by atoms with Gasteiger partial charge in [0.25, 0.3) is 0 Å². The standard InChI is InChI=1S/C12H6Cl2N4O3/c13-6-2-1-5(3-7(6)14)8-10(19)9(16-4-15-8)11-17-12(20)21-18-11/h1-4,19H,(H,17,18,20). The molecule has 0 bridgehead atoms. The molecule has 9 heteroatoms. The van der Waals surface area contributed by atoms with Gasteiger partial charge in [-0.25, -0.2) is 14.8 Å². The number of aromatic hydroxyl groups is 1. The van der Waals surface area contributed by atoms with Gasteiger partial charge in [-0.05, 0) is 12.1 Å². The number of halogens is 2. The van der Waals surface area contributed by atoms with Crippen molar-refractivity contribution in [2.45, 2.75) is 0 Å². The molecule has 3 rings (SSSR count). The van der Waals surface area contributed by atoms with Crippen LogP contribution >= 0.6 is 23.2 Å². The summed E-state index contributed by atoms with van der Waals surface area (Å²) in [5.74, 6) is -1.01. The number of nitrogens with zero attached hydrogens (tertiary/aromatic N) is 3. The first kappa shape index (κ1) is 13.6. The number of nitrogens with one attached hydrogen (secondary N) is 1. The lowest BCUT2D eigenvalue weighted by molar-refractivity contribution is 0.387. The Morgan fingerprint density at radius 1 is 1.14 bits per heavy atom. The Labute approximate surface area is 127 Å². The average molecular weight is 325 g/mol. The molecule has 0 unspecified atom stereocenters. The second kappa shape index (κ2) is 5.19. The highest BCUT2D eigenvalue weighted by Gasteiger charge is 2.17. The predicted molar refractivity (Wildman–Crippen MR) is 75.3 cm³/mol. The van der Waals surface area contributed by atoms with Crippen molar-refractivity contribution in [3.05, 3.63) is 45.1 Å². The molecule has 0 aliphatic heterocycles. The molecule has 0 amide bonds. The third-order valence-electron chi connectivity index (χ3n) is 2.68. The second-order valence-corrected chi connectivity index (χ2v) is 4.81. The van der Waals surface area contributed by atoms with Crippen LogP contribution in [0.4, 0.5) is 0 Å². The van der Waals surface area contributed by atoms with Crippen LogP contribution in [0.1, 0.15) is 0 Å². The van der Waals surface area contributed by atoms with E-state index >= 15 is 0 Å². The van der Waals surface area contributed by atoms with Crippen molar-refractivity contribution in [1.29, 1.82) is 0 Å². The molecule has 0 fully saturated rings. The quantitative estimate of drug-likeness (QED) is 0.750. The van der Waals surface area contributed by atoms with E-state index in [-0.39, 0.29) is 23.0 Å². The lowest BCUT2D eigenvalue weighted by atomic mass is 10.1. The molecule has 0 atom stereocenters. The monoisotopic (exact) mass is 324 g/mol. The van der Waals surface area contributed by atoms with Gasteiger partial charge in [0.05, 0.1) is 10.0 Å². The molecule has 21 heavy (non-hydrogen) atoms. The van der Waals surface area contributed by atoms with Gasteiger partial charge in [-0.15, -0.1) is 0 Å². The summed E-state index contributed by atoms with van der Waals surface area (Å²) in [6.07, 6.45) is 1.22. The van der Waals surface area contributed by atoms with Gasteiger partial charge >= 0.3 is 5.76 Å². The number of H-pyrrole nitrogens is 1. The van der Waals surface area contributed by atoms with Crippen LogP contribution in [0.15, 0.2) is 33.8 Å². The summed E-state index contributed by atoms with van der Waals surface area (Å²) in [4.78, 5) is 21.1. The molecule has 2 aromatic heterocycles. The fraction of sp³-hybridized carbons (Fsp3) is 0. The zero-order chi connectivity index (χ0) is 15.0. The van der Waals surface area contributed by atoms with E-state index in [1.807, 2.05) is 0 Å². The summed E-state index contributed by atoms with van der Waals surface area (Å²) in [5, 5.41) is 14.4. The summed E-state index contributed by atoms with van der Waals surface area (Å²) in [6.45, 7) is 0. The number of aromatic amines is 1. The highest BCUT2D eigenvalue weighted by atomic mass is 35.5. The Balaban J connectivity index is 2.16. The predicted octanol–water partition coefficient (Wildman–Crippen LogP) is 2.50. The zero-order valence-corrected chi connectivity index (χ0v) is 11.7. The molecule has 7 nitrogen and oxygen atoms in total. The highest BCUT2D eigenvalue weighted by Crippen LogP contribution is 2.35. The molecule has 0 saturated carbocycles. The maximum absolute atomic E-state index is 11.0. The molecule has 0 aliphatic carbocycles. The van der Waals surface area contributed by atoms with Crippen LogP contribution in [0, 0.1) is 0 Å². The molecule has 0 aliphatic rings. The summed E-state index contributed by atoms with van der Waals surface area (Å²) in [6, 6.07) is 4.78. The summed E-state index contributed by atoms with van der Waals surface area (Å²) < 4.78 is 4.38. The molecule has 0 saturated heterocycles. The number of aromatic nitrogens is 4. The van der Waals surface area contributed by atoms with Crippen molar-refractivity contribution in [3.8, 4) is 28.5 Å². The van der Waals surface area contributed by atoms with Crippen molar-refractivity contribution >= 4 is 23.2 Å². The third-order valence-corrected chi connectivity index (χ3v) is 3.42. The van der Waals surface area contributed by atoms with E-state index in [0.717, 1.165) is 0 Å². The minimum atomic E-state index is -0.751. The molecule has 0 radical (unpaired) electrons. The molecule has 2 heterocycles. The summed E-state index contributed by atoms with van der Waals surface area (Å²) in [7, 11) is 0. The first-order valence-corrected chi connectivity index (χ1v) is 6.37. The SMILES string of the molecule is O=c1[nH]c(-c2ncnc(-c3ccc(Cl)c(Cl)c3)c2O)no1. The molecule has 2 N–H and O–H groups in total. The topological polar surface area (TPSA) is 105 Å². The molecule has 1 aromatic carbocycles. The van der Waals surface area contributed by atoms with Crippen LogP contribution in [-0.4, -0.2) is 25.2 Å². The van der Waals surface area contributed by atoms with E-state index in [1.54, 1.807) is 18.2 Å². The Morgan fingerprint density at radius 3 is 2.57 bits per heavy atom. The Bertz CT molecular complexity index is 875. The van der Waals surface area contributed by atoms with Crippen LogP contribution < -0.4 is 5.76 Å². The third kappa shape index (κ3) is 2.48. The van der Waals surface area contributed by atoms with E-state index in [2.05, 4.69) is 24.6 Å². The maximum atomic E-state index is 11.0. The van der Waals surface area contributed by atoms with E-state index in [9.17, 15) is 9.90 Å². The number of hydrogen-bond donors (Lipinski definition) is 2. The van der Waals surface area contributed by atoms with Crippen LogP contribution in [0.3, 0.4) is 0 Å². The minimum Gasteiger partial charge on any atom is -0.504 e. The Hall–Kier alpha value is -2.38. The number of benzene rings is 1. The van der Waals surface area contributed by atoms with Crippen molar-refractivity contribution in [2.24, 2.45) is 0 Å². The lowest BCUT2D eigenvalue weighted by Gasteiger charge is -2.07. The lowest BCUT2D eigenvalue weighted by Crippen LogP contribution is -1.97. The molecule has 106 valence electrons. The maximum Gasteiger partial charge on any atom is 0.439 e. The van der Waals surface area contributed by atoms with Crippen molar-refractivity contribution in [2.75, 3.05) is 0 Å². The molecular formula is C12H6Cl2N4O3. The van der Waals surface area contributed by atoms with E-state index in [1.165, 1.54) is 6.33 Å². The van der Waals surface area contributed by atoms with Crippen molar-refractivity contribution in [1.82, 2.24) is 20.1 Å². The van der Waals surface area contributed by atoms with Crippen LogP contribution in [0.5, 0.6) is 5.75 Å². The van der Waals surface area contributed by atoms with Gasteiger partial charge in [-0.2, -0.15) is 0 Å². The van der Waals surface area contributed by atoms with Gasteiger partial charge in [-0.1, -0.05) is 34.4 Å². The Kier molecular flexibility index (Phi) is 3.36. The fourth-order valence-electron chi connectivity index (χ4n) is 1.74.